The topological polar surface area (TPSA) is 0 Å². The molecule has 5 heteroatoms. The molecule has 136 valence electrons. The number of rotatable bonds is 0. The fourth-order valence-corrected chi connectivity index (χ4v) is 1.42. The third-order valence-electron chi connectivity index (χ3n) is 2.58. The summed E-state index contributed by atoms with van der Waals surface area (Å²) in [7, 11) is 0. The van der Waals surface area contributed by atoms with Gasteiger partial charge in [-0.05, 0) is 0 Å². The van der Waals surface area contributed by atoms with Gasteiger partial charge in [0.2, 0.25) is 0 Å². The number of halogens is 4. The minimum absolute atomic E-state index is 0. The van der Waals surface area contributed by atoms with E-state index in [1.165, 1.54) is 0 Å². The number of hydrogen-bond donors (Lipinski definition) is 0. The van der Waals surface area contributed by atoms with E-state index < -0.39 is 23.3 Å². The Labute approximate surface area is 171 Å². The van der Waals surface area contributed by atoms with E-state index >= 15 is 0 Å². The van der Waals surface area contributed by atoms with E-state index in [0.717, 1.165) is 36.4 Å². The van der Waals surface area contributed by atoms with Crippen LogP contribution in [0.2, 0.25) is 0 Å². The average molecular weight is 404 g/mol. The van der Waals surface area contributed by atoms with Gasteiger partial charge in [0.1, 0.15) is 0 Å². The second-order valence-electron chi connectivity index (χ2n) is 4.63. The molecule has 0 atom stereocenters. The normalized spacial score (nSPS) is 8.44. The molecule has 0 bridgehead atoms. The Balaban J connectivity index is 0.000000337. The average Bonchev–Trinajstić information content (AvgIpc) is 3.39. The van der Waals surface area contributed by atoms with Crippen LogP contribution >= 0.6 is 0 Å². The smallest absolute Gasteiger partial charge is 0.284 e. The molecule has 0 amide bonds. The summed E-state index contributed by atoms with van der Waals surface area (Å²) in [5.74, 6) is -2.00. The zero-order chi connectivity index (χ0) is 19.0. The summed E-state index contributed by atoms with van der Waals surface area (Å²) in [6, 6.07) is 30.2. The summed E-state index contributed by atoms with van der Waals surface area (Å²) in [5.41, 5.74) is 0. The Morgan fingerprint density at radius 3 is 1.04 bits per heavy atom. The van der Waals surface area contributed by atoms with E-state index in [1.807, 2.05) is 60.7 Å². The second kappa shape index (κ2) is 15.8. The van der Waals surface area contributed by atoms with Gasteiger partial charge in [-0.2, -0.15) is 36.4 Å². The first kappa shape index (κ1) is 24.6. The van der Waals surface area contributed by atoms with Crippen molar-refractivity contribution < 1.29 is 39.3 Å². The molecule has 27 heavy (non-hydrogen) atoms. The molecule has 0 aliphatic heterocycles. The van der Waals surface area contributed by atoms with Crippen molar-refractivity contribution in [3.63, 3.8) is 0 Å². The molecule has 0 saturated carbocycles. The fraction of sp³-hybridized carbons (Fsp3) is 0. The molecule has 0 nitrogen and oxygen atoms in total. The minimum atomic E-state index is -0.536. The Kier molecular flexibility index (Phi) is 14.4. The SMILES string of the molecule is Fc1[c-]cc(F)cc1.Fc1[c-]cc(F)cc1.[Ti+4].c1cc[cH-]c1.c1cc[cH-]c1. The number of hydrogen-bond acceptors (Lipinski definition) is 0. The van der Waals surface area contributed by atoms with Crippen molar-refractivity contribution >= 4 is 0 Å². The third kappa shape index (κ3) is 14.4. The van der Waals surface area contributed by atoms with Crippen LogP contribution in [-0.4, -0.2) is 0 Å². The summed E-state index contributed by atoms with van der Waals surface area (Å²) < 4.78 is 47.5. The van der Waals surface area contributed by atoms with Crippen molar-refractivity contribution in [2.75, 3.05) is 0 Å². The Bertz CT molecular complexity index is 616. The van der Waals surface area contributed by atoms with E-state index in [2.05, 4.69) is 12.1 Å². The molecule has 0 aliphatic rings. The van der Waals surface area contributed by atoms with Crippen molar-refractivity contribution in [1.29, 1.82) is 0 Å². The third-order valence-corrected chi connectivity index (χ3v) is 2.58. The van der Waals surface area contributed by atoms with Crippen LogP contribution in [0.15, 0.2) is 97.1 Å². The number of benzene rings is 2. The molecular weight excluding hydrogens is 388 g/mol. The van der Waals surface area contributed by atoms with Gasteiger partial charge in [-0.25, -0.2) is 33.0 Å². The van der Waals surface area contributed by atoms with Gasteiger partial charge in [0.15, 0.2) is 0 Å². The van der Waals surface area contributed by atoms with E-state index in [-0.39, 0.29) is 21.7 Å². The van der Waals surface area contributed by atoms with Crippen LogP contribution in [0, 0.1) is 35.4 Å². The maximum Gasteiger partial charge on any atom is 4.00 e. The Morgan fingerprint density at radius 2 is 0.889 bits per heavy atom. The summed E-state index contributed by atoms with van der Waals surface area (Å²) in [6.07, 6.45) is 0. The van der Waals surface area contributed by atoms with Crippen LogP contribution in [0.1, 0.15) is 0 Å². The van der Waals surface area contributed by atoms with Gasteiger partial charge >= 0.3 is 21.7 Å². The predicted molar refractivity (Wildman–Crippen MR) is 94.5 cm³/mol. The zero-order valence-electron chi connectivity index (χ0n) is 14.2. The monoisotopic (exact) mass is 404 g/mol. The first-order valence-electron chi connectivity index (χ1n) is 7.57. The first-order chi connectivity index (χ1) is 12.6. The molecule has 4 aromatic rings. The van der Waals surface area contributed by atoms with E-state index in [9.17, 15) is 17.6 Å². The van der Waals surface area contributed by atoms with Crippen LogP contribution in [-0.2, 0) is 21.7 Å². The van der Waals surface area contributed by atoms with Gasteiger partial charge in [-0.15, -0.1) is 48.5 Å². The van der Waals surface area contributed by atoms with Gasteiger partial charge in [0, 0.05) is 23.3 Å². The molecule has 0 heterocycles. The van der Waals surface area contributed by atoms with Crippen molar-refractivity contribution in [2.45, 2.75) is 0 Å². The van der Waals surface area contributed by atoms with Gasteiger partial charge in [0.25, 0.3) is 0 Å². The van der Waals surface area contributed by atoms with Gasteiger partial charge in [0.05, 0.1) is 0 Å². The molecule has 0 aliphatic carbocycles. The summed E-state index contributed by atoms with van der Waals surface area (Å²) in [4.78, 5) is 0. The molecule has 0 fully saturated rings. The van der Waals surface area contributed by atoms with Crippen molar-refractivity contribution in [1.82, 2.24) is 0 Å². The molecule has 0 saturated heterocycles. The van der Waals surface area contributed by atoms with E-state index in [1.54, 1.807) is 0 Å². The Morgan fingerprint density at radius 1 is 0.556 bits per heavy atom. The predicted octanol–water partition coefficient (Wildman–Crippen LogP) is 6.34. The van der Waals surface area contributed by atoms with Crippen molar-refractivity contribution in [3.8, 4) is 0 Å². The molecule has 4 rings (SSSR count). The van der Waals surface area contributed by atoms with Gasteiger partial charge < -0.3 is 0 Å². The summed E-state index contributed by atoms with van der Waals surface area (Å²) in [6.45, 7) is 0. The summed E-state index contributed by atoms with van der Waals surface area (Å²) in [5, 5.41) is 0. The minimum Gasteiger partial charge on any atom is -0.284 e. The maximum atomic E-state index is 11.9. The quantitative estimate of drug-likeness (QED) is 0.182. The van der Waals surface area contributed by atoms with Crippen LogP contribution in [0.25, 0.3) is 0 Å². The first-order valence-corrected chi connectivity index (χ1v) is 7.57. The van der Waals surface area contributed by atoms with Gasteiger partial charge in [-0.3, -0.25) is 8.78 Å². The molecule has 4 aromatic carbocycles. The summed E-state index contributed by atoms with van der Waals surface area (Å²) >= 11 is 0. The standard InChI is InChI=1S/2C6H3F2.2C5H5.Ti/c2*7-5-1-2-6(8)4-3-5;2*1-2-4-5-3-1;/h2*1-3H;2*1-5H;/q4*-1;+4. The zero-order valence-corrected chi connectivity index (χ0v) is 15.8. The van der Waals surface area contributed by atoms with Crippen LogP contribution in [0.5, 0.6) is 0 Å². The largest absolute Gasteiger partial charge is 4.00 e. The van der Waals surface area contributed by atoms with Gasteiger partial charge in [-0.1, -0.05) is 0 Å². The molecule has 0 aromatic heterocycles. The maximum absolute atomic E-state index is 11.9. The van der Waals surface area contributed by atoms with E-state index in [4.69, 9.17) is 0 Å². The van der Waals surface area contributed by atoms with Crippen molar-refractivity contribution in [3.05, 3.63) is 132 Å². The second-order valence-corrected chi connectivity index (χ2v) is 4.63. The van der Waals surface area contributed by atoms with Crippen LogP contribution in [0.3, 0.4) is 0 Å². The Hall–Kier alpha value is -2.43. The molecule has 0 spiro atoms. The molecule has 0 N–H and O–H groups in total. The van der Waals surface area contributed by atoms with Crippen molar-refractivity contribution in [2.24, 2.45) is 0 Å². The molecular formula is C22H16F4Ti. The van der Waals surface area contributed by atoms with Crippen LogP contribution < -0.4 is 0 Å². The van der Waals surface area contributed by atoms with Crippen LogP contribution in [0.4, 0.5) is 17.6 Å². The molecule has 0 unspecified atom stereocenters. The molecule has 0 radical (unpaired) electrons. The van der Waals surface area contributed by atoms with E-state index in [0.29, 0.717) is 0 Å². The fourth-order valence-electron chi connectivity index (χ4n) is 1.42.